The number of hydrogen-bond acceptors (Lipinski definition) is 3. The number of hydrogen-bond donors (Lipinski definition) is 1. The number of ether oxygens (including phenoxy) is 2. The maximum absolute atomic E-state index is 12.2. The number of aromatic amines is 1. The van der Waals surface area contributed by atoms with E-state index in [0.717, 1.165) is 5.56 Å². The highest BCUT2D eigenvalue weighted by molar-refractivity contribution is 6.06. The zero-order valence-electron chi connectivity index (χ0n) is 12.5. The Morgan fingerprint density at radius 1 is 1.08 bits per heavy atom. The van der Waals surface area contributed by atoms with Crippen molar-refractivity contribution in [3.05, 3.63) is 48.2 Å². The zero-order valence-corrected chi connectivity index (χ0v) is 12.5. The van der Waals surface area contributed by atoms with Gasteiger partial charge in [-0.3, -0.25) is 4.79 Å². The number of H-pyrrole nitrogens is 1. The number of carbonyl (C=O) groups is 1. The number of methoxy groups -OCH3 is 1. The molecule has 0 bridgehead atoms. The first kappa shape index (κ1) is 15.9. The Kier molecular flexibility index (Phi) is 3.92. The van der Waals surface area contributed by atoms with Crippen LogP contribution in [0.4, 0.5) is 13.2 Å². The fourth-order valence-corrected chi connectivity index (χ4v) is 2.58. The molecule has 0 saturated carbocycles. The van der Waals surface area contributed by atoms with Gasteiger partial charge in [-0.15, -0.1) is 13.2 Å². The minimum atomic E-state index is -4.73. The van der Waals surface area contributed by atoms with E-state index in [1.54, 1.807) is 18.3 Å². The molecule has 0 unspecified atom stereocenters. The first-order chi connectivity index (χ1) is 11.4. The molecular weight excluding hydrogens is 323 g/mol. The number of carbonyl (C=O) groups excluding carboxylic acids is 1. The van der Waals surface area contributed by atoms with E-state index in [4.69, 9.17) is 4.74 Å². The average Bonchev–Trinajstić information content (AvgIpc) is 2.97. The quantitative estimate of drug-likeness (QED) is 0.712. The molecule has 0 aliphatic heterocycles. The van der Waals surface area contributed by atoms with E-state index in [-0.39, 0.29) is 5.75 Å². The smallest absolute Gasteiger partial charge is 0.496 e. The standard InChI is InChI=1S/C17H12F3NO3/c1-23-14-7-6-13(16-15(14)11(9-22)8-21-16)10-2-4-12(5-3-10)24-17(18,19)20/h2-9,21H,1H3. The number of fused-ring (bicyclic) bond motifs is 1. The van der Waals surface area contributed by atoms with Crippen LogP contribution in [0.15, 0.2) is 42.6 Å². The number of alkyl halides is 3. The molecule has 0 saturated heterocycles. The van der Waals surface area contributed by atoms with Crippen LogP contribution in [-0.4, -0.2) is 24.7 Å². The third kappa shape index (κ3) is 2.92. The fraction of sp³-hybridized carbons (Fsp3) is 0.118. The molecule has 124 valence electrons. The summed E-state index contributed by atoms with van der Waals surface area (Å²) in [7, 11) is 1.50. The van der Waals surface area contributed by atoms with Crippen LogP contribution in [0.1, 0.15) is 10.4 Å². The first-order valence-corrected chi connectivity index (χ1v) is 6.92. The second-order valence-corrected chi connectivity index (χ2v) is 5.00. The van der Waals surface area contributed by atoms with Gasteiger partial charge in [0.25, 0.3) is 0 Å². The van der Waals surface area contributed by atoms with E-state index in [2.05, 4.69) is 9.72 Å². The Morgan fingerprint density at radius 3 is 2.38 bits per heavy atom. The molecule has 4 nitrogen and oxygen atoms in total. The number of aromatic nitrogens is 1. The zero-order chi connectivity index (χ0) is 17.3. The predicted molar refractivity (Wildman–Crippen MR) is 82.4 cm³/mol. The topological polar surface area (TPSA) is 51.3 Å². The van der Waals surface area contributed by atoms with Crippen molar-refractivity contribution >= 4 is 17.2 Å². The van der Waals surface area contributed by atoms with E-state index in [1.807, 2.05) is 0 Å². The molecule has 1 heterocycles. The molecule has 3 rings (SSSR count). The lowest BCUT2D eigenvalue weighted by Gasteiger charge is -2.11. The molecule has 3 aromatic rings. The van der Waals surface area contributed by atoms with Gasteiger partial charge in [0.05, 0.1) is 18.0 Å². The summed E-state index contributed by atoms with van der Waals surface area (Å²) in [5, 5.41) is 0.626. The van der Waals surface area contributed by atoms with Crippen molar-refractivity contribution in [2.24, 2.45) is 0 Å². The number of nitrogens with one attached hydrogen (secondary N) is 1. The highest BCUT2D eigenvalue weighted by atomic mass is 19.4. The second kappa shape index (κ2) is 5.92. The molecule has 0 aliphatic carbocycles. The molecule has 2 aromatic carbocycles. The SMILES string of the molecule is COc1ccc(-c2ccc(OC(F)(F)F)cc2)c2[nH]cc(C=O)c12. The van der Waals surface area contributed by atoms with E-state index >= 15 is 0 Å². The Morgan fingerprint density at radius 2 is 1.79 bits per heavy atom. The highest BCUT2D eigenvalue weighted by Crippen LogP contribution is 2.36. The fourth-order valence-electron chi connectivity index (χ4n) is 2.58. The van der Waals surface area contributed by atoms with Crippen LogP contribution in [0.5, 0.6) is 11.5 Å². The molecular formula is C17H12F3NO3. The van der Waals surface area contributed by atoms with Gasteiger partial charge in [-0.05, 0) is 29.8 Å². The van der Waals surface area contributed by atoms with Crippen molar-refractivity contribution in [3.8, 4) is 22.6 Å². The van der Waals surface area contributed by atoms with Crippen LogP contribution in [0.25, 0.3) is 22.0 Å². The van der Waals surface area contributed by atoms with Gasteiger partial charge in [-0.25, -0.2) is 0 Å². The monoisotopic (exact) mass is 335 g/mol. The summed E-state index contributed by atoms with van der Waals surface area (Å²) in [6.07, 6.45) is -2.45. The number of halogens is 3. The summed E-state index contributed by atoms with van der Waals surface area (Å²) in [4.78, 5) is 14.2. The Labute approximate surface area is 134 Å². The summed E-state index contributed by atoms with van der Waals surface area (Å²) >= 11 is 0. The van der Waals surface area contributed by atoms with Crippen LogP contribution in [0, 0.1) is 0 Å². The van der Waals surface area contributed by atoms with Gasteiger partial charge in [-0.1, -0.05) is 12.1 Å². The summed E-state index contributed by atoms with van der Waals surface area (Å²) in [6.45, 7) is 0. The molecule has 0 radical (unpaired) electrons. The van der Waals surface area contributed by atoms with Crippen molar-refractivity contribution in [2.75, 3.05) is 7.11 Å². The Balaban J connectivity index is 2.07. The third-order valence-electron chi connectivity index (χ3n) is 3.57. The van der Waals surface area contributed by atoms with Crippen molar-refractivity contribution in [1.29, 1.82) is 0 Å². The van der Waals surface area contributed by atoms with Crippen LogP contribution in [0.3, 0.4) is 0 Å². The third-order valence-corrected chi connectivity index (χ3v) is 3.57. The first-order valence-electron chi connectivity index (χ1n) is 6.92. The van der Waals surface area contributed by atoms with Gasteiger partial charge < -0.3 is 14.5 Å². The summed E-state index contributed by atoms with van der Waals surface area (Å²) < 4.78 is 45.8. The summed E-state index contributed by atoms with van der Waals surface area (Å²) in [5.41, 5.74) is 2.52. The minimum Gasteiger partial charge on any atom is -0.496 e. The lowest BCUT2D eigenvalue weighted by molar-refractivity contribution is -0.274. The van der Waals surface area contributed by atoms with Gasteiger partial charge in [0, 0.05) is 17.3 Å². The maximum Gasteiger partial charge on any atom is 0.573 e. The number of benzene rings is 2. The molecule has 1 aromatic heterocycles. The summed E-state index contributed by atoms with van der Waals surface area (Å²) in [5.74, 6) is 0.241. The van der Waals surface area contributed by atoms with Gasteiger partial charge in [0.15, 0.2) is 6.29 Å². The van der Waals surface area contributed by atoms with Crippen LogP contribution < -0.4 is 9.47 Å². The highest BCUT2D eigenvalue weighted by Gasteiger charge is 2.31. The second-order valence-electron chi connectivity index (χ2n) is 5.00. The lowest BCUT2D eigenvalue weighted by atomic mass is 10.0. The van der Waals surface area contributed by atoms with Crippen molar-refractivity contribution in [3.63, 3.8) is 0 Å². The van der Waals surface area contributed by atoms with E-state index in [9.17, 15) is 18.0 Å². The lowest BCUT2D eigenvalue weighted by Crippen LogP contribution is -2.16. The van der Waals surface area contributed by atoms with Crippen LogP contribution in [0.2, 0.25) is 0 Å². The van der Waals surface area contributed by atoms with E-state index in [1.165, 1.54) is 31.4 Å². The van der Waals surface area contributed by atoms with Crippen LogP contribution >= 0.6 is 0 Å². The molecule has 0 atom stereocenters. The predicted octanol–water partition coefficient (Wildman–Crippen LogP) is 4.55. The van der Waals surface area contributed by atoms with Crippen molar-refractivity contribution < 1.29 is 27.4 Å². The molecule has 7 heteroatoms. The minimum absolute atomic E-state index is 0.295. The van der Waals surface area contributed by atoms with E-state index in [0.29, 0.717) is 34.1 Å². The Bertz CT molecular complexity index is 882. The van der Waals surface area contributed by atoms with Gasteiger partial charge in [-0.2, -0.15) is 0 Å². The number of aldehydes is 1. The molecule has 0 amide bonds. The normalized spacial score (nSPS) is 11.5. The van der Waals surface area contributed by atoms with Crippen LogP contribution in [-0.2, 0) is 0 Å². The average molecular weight is 335 g/mol. The maximum atomic E-state index is 12.2. The van der Waals surface area contributed by atoms with Crippen molar-refractivity contribution in [1.82, 2.24) is 4.98 Å². The molecule has 24 heavy (non-hydrogen) atoms. The van der Waals surface area contributed by atoms with Crippen molar-refractivity contribution in [2.45, 2.75) is 6.36 Å². The molecule has 0 spiro atoms. The van der Waals surface area contributed by atoms with Gasteiger partial charge in [0.1, 0.15) is 11.5 Å². The summed E-state index contributed by atoms with van der Waals surface area (Å²) in [6, 6.07) is 8.99. The molecule has 1 N–H and O–H groups in total. The van der Waals surface area contributed by atoms with Gasteiger partial charge >= 0.3 is 6.36 Å². The largest absolute Gasteiger partial charge is 0.573 e. The van der Waals surface area contributed by atoms with Gasteiger partial charge in [0.2, 0.25) is 0 Å². The molecule has 0 fully saturated rings. The van der Waals surface area contributed by atoms with E-state index < -0.39 is 6.36 Å². The Hall–Kier alpha value is -2.96. The number of rotatable bonds is 4. The molecule has 0 aliphatic rings.